The van der Waals surface area contributed by atoms with Crippen LogP contribution in [0.1, 0.15) is 18.8 Å². The van der Waals surface area contributed by atoms with Gasteiger partial charge in [-0.25, -0.2) is 18.2 Å². The number of benzene rings is 2. The van der Waals surface area contributed by atoms with E-state index in [0.717, 1.165) is 22.8 Å². The number of rotatable bonds is 2. The molecule has 0 fully saturated rings. The van der Waals surface area contributed by atoms with E-state index in [1.54, 1.807) is 6.92 Å². The highest BCUT2D eigenvalue weighted by atomic mass is 35.5. The van der Waals surface area contributed by atoms with Gasteiger partial charge in [-0.05, 0) is 31.2 Å². The van der Waals surface area contributed by atoms with Crippen molar-refractivity contribution in [3.8, 4) is 5.69 Å². The maximum Gasteiger partial charge on any atom is 0.267 e. The van der Waals surface area contributed by atoms with Gasteiger partial charge in [0, 0.05) is 6.07 Å². The van der Waals surface area contributed by atoms with Crippen molar-refractivity contribution in [2.24, 2.45) is 5.73 Å². The van der Waals surface area contributed by atoms with Crippen molar-refractivity contribution in [3.63, 3.8) is 0 Å². The van der Waals surface area contributed by atoms with Crippen LogP contribution in [0.4, 0.5) is 13.2 Å². The standard InChI is InChI=1S/C16H11ClF3N3O/c1-7(21)15-22-12-3-2-11(20)14(17)13(12)16(24)23(15)10-5-8(18)4-9(19)6-10/h2-7H,21H2,1H3/t7-/m0/s1. The Bertz CT molecular complexity index is 997. The molecule has 3 rings (SSSR count). The molecule has 24 heavy (non-hydrogen) atoms. The topological polar surface area (TPSA) is 60.9 Å². The van der Waals surface area contributed by atoms with E-state index in [-0.39, 0.29) is 22.4 Å². The lowest BCUT2D eigenvalue weighted by molar-refractivity contribution is 0.579. The van der Waals surface area contributed by atoms with Gasteiger partial charge in [0.05, 0.1) is 27.7 Å². The summed E-state index contributed by atoms with van der Waals surface area (Å²) in [6.07, 6.45) is 0. The van der Waals surface area contributed by atoms with Crippen molar-refractivity contribution in [2.75, 3.05) is 0 Å². The second-order valence-corrected chi connectivity index (χ2v) is 5.66. The molecule has 0 bridgehead atoms. The van der Waals surface area contributed by atoms with Crippen molar-refractivity contribution in [3.05, 3.63) is 69.0 Å². The smallest absolute Gasteiger partial charge is 0.267 e. The zero-order chi connectivity index (χ0) is 17.6. The lowest BCUT2D eigenvalue weighted by atomic mass is 10.2. The van der Waals surface area contributed by atoms with Gasteiger partial charge in [0.25, 0.3) is 5.56 Å². The summed E-state index contributed by atoms with van der Waals surface area (Å²) in [5.41, 5.74) is 5.11. The largest absolute Gasteiger partial charge is 0.322 e. The van der Waals surface area contributed by atoms with E-state index in [4.69, 9.17) is 17.3 Å². The minimum absolute atomic E-state index is 0.0696. The molecule has 0 saturated heterocycles. The zero-order valence-electron chi connectivity index (χ0n) is 12.4. The van der Waals surface area contributed by atoms with Crippen molar-refractivity contribution in [2.45, 2.75) is 13.0 Å². The van der Waals surface area contributed by atoms with Gasteiger partial charge in [0.15, 0.2) is 0 Å². The molecule has 1 atom stereocenters. The predicted molar refractivity (Wildman–Crippen MR) is 84.8 cm³/mol. The molecular weight excluding hydrogens is 343 g/mol. The van der Waals surface area contributed by atoms with E-state index in [0.29, 0.717) is 6.07 Å². The van der Waals surface area contributed by atoms with Gasteiger partial charge in [-0.15, -0.1) is 0 Å². The Labute approximate surface area is 139 Å². The van der Waals surface area contributed by atoms with Crippen LogP contribution >= 0.6 is 11.6 Å². The number of hydrogen-bond acceptors (Lipinski definition) is 3. The van der Waals surface area contributed by atoms with Gasteiger partial charge in [-0.3, -0.25) is 9.36 Å². The fourth-order valence-corrected chi connectivity index (χ4v) is 2.69. The first-order valence-electron chi connectivity index (χ1n) is 6.92. The van der Waals surface area contributed by atoms with E-state index >= 15 is 0 Å². The molecule has 3 aromatic rings. The molecule has 1 heterocycles. The van der Waals surface area contributed by atoms with Gasteiger partial charge < -0.3 is 5.73 Å². The third-order valence-electron chi connectivity index (χ3n) is 3.47. The van der Waals surface area contributed by atoms with Crippen LogP contribution in [0.5, 0.6) is 0 Å². The molecule has 4 nitrogen and oxygen atoms in total. The Morgan fingerprint density at radius 2 is 1.79 bits per heavy atom. The molecule has 0 aliphatic carbocycles. The van der Waals surface area contributed by atoms with Gasteiger partial charge in [0.1, 0.15) is 23.3 Å². The lowest BCUT2D eigenvalue weighted by Crippen LogP contribution is -2.28. The van der Waals surface area contributed by atoms with Crippen LogP contribution in [-0.4, -0.2) is 9.55 Å². The summed E-state index contributed by atoms with van der Waals surface area (Å²) in [7, 11) is 0. The number of aromatic nitrogens is 2. The first-order valence-corrected chi connectivity index (χ1v) is 7.30. The maximum absolute atomic E-state index is 13.7. The van der Waals surface area contributed by atoms with E-state index in [9.17, 15) is 18.0 Å². The van der Waals surface area contributed by atoms with Gasteiger partial charge >= 0.3 is 0 Å². The summed E-state index contributed by atoms with van der Waals surface area (Å²) in [5, 5.41) is -0.599. The van der Waals surface area contributed by atoms with Crippen molar-refractivity contribution in [1.29, 1.82) is 0 Å². The van der Waals surface area contributed by atoms with Gasteiger partial charge in [-0.1, -0.05) is 11.6 Å². The van der Waals surface area contributed by atoms with Gasteiger partial charge in [0.2, 0.25) is 0 Å². The van der Waals surface area contributed by atoms with Crippen LogP contribution in [0, 0.1) is 17.5 Å². The number of nitrogens with zero attached hydrogens (tertiary/aromatic N) is 2. The predicted octanol–water partition coefficient (Wildman–Crippen LogP) is 3.48. The minimum atomic E-state index is -0.877. The SMILES string of the molecule is C[C@H](N)c1nc2ccc(F)c(Cl)c2c(=O)n1-c1cc(F)cc(F)c1. The summed E-state index contributed by atoms with van der Waals surface area (Å²) < 4.78 is 41.7. The molecule has 124 valence electrons. The molecule has 0 amide bonds. The quantitative estimate of drug-likeness (QED) is 0.767. The van der Waals surface area contributed by atoms with Crippen LogP contribution in [0.2, 0.25) is 5.02 Å². The van der Waals surface area contributed by atoms with E-state index in [1.807, 2.05) is 0 Å². The molecule has 1 aromatic heterocycles. The maximum atomic E-state index is 13.7. The molecule has 0 aliphatic heterocycles. The highest BCUT2D eigenvalue weighted by Crippen LogP contribution is 2.25. The average Bonchev–Trinajstić information content (AvgIpc) is 2.49. The summed E-state index contributed by atoms with van der Waals surface area (Å²) in [4.78, 5) is 17.0. The molecule has 0 saturated carbocycles. The van der Waals surface area contributed by atoms with Crippen LogP contribution in [-0.2, 0) is 0 Å². The summed E-state index contributed by atoms with van der Waals surface area (Å²) in [6, 6.07) is 4.22. The summed E-state index contributed by atoms with van der Waals surface area (Å²) in [6.45, 7) is 1.56. The molecule has 2 N–H and O–H groups in total. The number of hydrogen-bond donors (Lipinski definition) is 1. The third-order valence-corrected chi connectivity index (χ3v) is 3.84. The lowest BCUT2D eigenvalue weighted by Gasteiger charge is -2.16. The zero-order valence-corrected chi connectivity index (χ0v) is 13.1. The Kier molecular flexibility index (Phi) is 4.06. The fourth-order valence-electron chi connectivity index (χ4n) is 2.45. The molecule has 2 aromatic carbocycles. The summed E-state index contributed by atoms with van der Waals surface area (Å²) in [5.74, 6) is -2.48. The monoisotopic (exact) mass is 353 g/mol. The van der Waals surface area contributed by atoms with E-state index in [2.05, 4.69) is 4.98 Å². The molecule has 0 spiro atoms. The van der Waals surface area contributed by atoms with Crippen molar-refractivity contribution in [1.82, 2.24) is 9.55 Å². The van der Waals surface area contributed by atoms with E-state index in [1.165, 1.54) is 6.07 Å². The van der Waals surface area contributed by atoms with Crippen LogP contribution in [0.3, 0.4) is 0 Å². The first-order chi connectivity index (χ1) is 11.3. The number of fused-ring (bicyclic) bond motifs is 1. The van der Waals surface area contributed by atoms with Crippen LogP contribution < -0.4 is 11.3 Å². The Balaban J connectivity index is 2.49. The summed E-state index contributed by atoms with van der Waals surface area (Å²) >= 11 is 5.88. The van der Waals surface area contributed by atoms with Crippen LogP contribution in [0.25, 0.3) is 16.6 Å². The van der Waals surface area contributed by atoms with Crippen molar-refractivity contribution >= 4 is 22.5 Å². The second kappa shape index (κ2) is 5.92. The molecule has 8 heteroatoms. The highest BCUT2D eigenvalue weighted by Gasteiger charge is 2.19. The Hall–Kier alpha value is -2.38. The highest BCUT2D eigenvalue weighted by molar-refractivity contribution is 6.35. The normalized spacial score (nSPS) is 12.6. The number of nitrogens with two attached hydrogens (primary N) is 1. The van der Waals surface area contributed by atoms with E-state index < -0.39 is 34.1 Å². The average molecular weight is 354 g/mol. The third kappa shape index (κ3) is 2.65. The minimum Gasteiger partial charge on any atom is -0.322 e. The molecule has 0 aliphatic rings. The van der Waals surface area contributed by atoms with Gasteiger partial charge in [-0.2, -0.15) is 0 Å². The molecule has 0 radical (unpaired) electrons. The van der Waals surface area contributed by atoms with Crippen LogP contribution in [0.15, 0.2) is 35.1 Å². The molecular formula is C16H11ClF3N3O. The molecule has 0 unspecified atom stereocenters. The van der Waals surface area contributed by atoms with Crippen molar-refractivity contribution < 1.29 is 13.2 Å². The Morgan fingerprint density at radius 3 is 2.38 bits per heavy atom. The Morgan fingerprint density at radius 1 is 1.17 bits per heavy atom. The second-order valence-electron chi connectivity index (χ2n) is 5.28. The first kappa shape index (κ1) is 16.5. The fraction of sp³-hybridized carbons (Fsp3) is 0.125. The number of halogens is 4.